The summed E-state index contributed by atoms with van der Waals surface area (Å²) in [5.41, 5.74) is 5.08. The van der Waals surface area contributed by atoms with Gasteiger partial charge in [-0.05, 0) is 64.6 Å². The number of amides is 1. The predicted octanol–water partition coefficient (Wildman–Crippen LogP) is 3.66. The minimum absolute atomic E-state index is 0.0416. The molecule has 2 aromatic rings. The molecule has 0 aromatic heterocycles. The number of fused-ring (bicyclic) bond motifs is 1. The molecule has 21 heavy (non-hydrogen) atoms. The summed E-state index contributed by atoms with van der Waals surface area (Å²) in [5, 5.41) is 6.35. The molecule has 0 saturated carbocycles. The number of benzene rings is 2. The van der Waals surface area contributed by atoms with Gasteiger partial charge >= 0.3 is 0 Å². The van der Waals surface area contributed by atoms with Gasteiger partial charge in [0.25, 0.3) is 5.91 Å². The van der Waals surface area contributed by atoms with Gasteiger partial charge < -0.3 is 10.6 Å². The molecule has 0 saturated heterocycles. The van der Waals surface area contributed by atoms with Crippen LogP contribution in [0, 0.1) is 6.92 Å². The van der Waals surface area contributed by atoms with Crippen LogP contribution in [0.25, 0.3) is 0 Å². The fourth-order valence-electron chi connectivity index (χ4n) is 2.68. The van der Waals surface area contributed by atoms with Gasteiger partial charge in [-0.1, -0.05) is 24.3 Å². The normalized spacial score (nSPS) is 13.6. The Morgan fingerprint density at radius 3 is 2.90 bits per heavy atom. The molecule has 0 bridgehead atoms. The lowest BCUT2D eigenvalue weighted by Crippen LogP contribution is -2.26. The van der Waals surface area contributed by atoms with Crippen molar-refractivity contribution in [3.05, 3.63) is 63.1 Å². The van der Waals surface area contributed by atoms with E-state index in [1.54, 1.807) is 0 Å². The average Bonchev–Trinajstić information content (AvgIpc) is 2.51. The smallest absolute Gasteiger partial charge is 0.255 e. The molecule has 0 aliphatic carbocycles. The topological polar surface area (TPSA) is 41.1 Å². The molecule has 2 N–H and O–H groups in total. The molecule has 4 heteroatoms. The van der Waals surface area contributed by atoms with Gasteiger partial charge in [0.2, 0.25) is 0 Å². The summed E-state index contributed by atoms with van der Waals surface area (Å²) < 4.78 is 0.935. The van der Waals surface area contributed by atoms with Crippen LogP contribution in [0.5, 0.6) is 0 Å². The first-order valence-corrected chi connectivity index (χ1v) is 7.84. The molecule has 1 heterocycles. The maximum absolute atomic E-state index is 12.6. The third-order valence-corrected chi connectivity index (χ3v) is 4.88. The second kappa shape index (κ2) is 6.00. The van der Waals surface area contributed by atoms with E-state index < -0.39 is 0 Å². The van der Waals surface area contributed by atoms with E-state index in [-0.39, 0.29) is 5.91 Å². The lowest BCUT2D eigenvalue weighted by Gasteiger charge is -2.20. The third kappa shape index (κ3) is 2.87. The summed E-state index contributed by atoms with van der Waals surface area (Å²) in [6, 6.07) is 11.8. The highest BCUT2D eigenvalue weighted by atomic mass is 79.9. The number of carbonyl (C=O) groups is 1. The van der Waals surface area contributed by atoms with Crippen molar-refractivity contribution >= 4 is 27.5 Å². The van der Waals surface area contributed by atoms with E-state index in [0.717, 1.165) is 46.4 Å². The number of anilines is 1. The largest absolute Gasteiger partial charge is 0.321 e. The van der Waals surface area contributed by atoms with E-state index in [2.05, 4.69) is 32.6 Å². The first-order valence-electron chi connectivity index (χ1n) is 7.05. The Labute approximate surface area is 132 Å². The molecule has 1 amide bonds. The van der Waals surface area contributed by atoms with E-state index in [9.17, 15) is 4.79 Å². The summed E-state index contributed by atoms with van der Waals surface area (Å²) in [5.74, 6) is -0.0416. The first-order chi connectivity index (χ1) is 10.2. The number of rotatable bonds is 2. The summed E-state index contributed by atoms with van der Waals surface area (Å²) >= 11 is 3.53. The van der Waals surface area contributed by atoms with Crippen LogP contribution in [0.4, 0.5) is 5.69 Å². The van der Waals surface area contributed by atoms with Gasteiger partial charge in [0.05, 0.1) is 5.69 Å². The Morgan fingerprint density at radius 1 is 1.24 bits per heavy atom. The average molecular weight is 345 g/mol. The SMILES string of the molecule is Cc1cccc(NC(=O)c2cccc3c2CCNC3)c1Br. The van der Waals surface area contributed by atoms with Crippen LogP contribution in [0.2, 0.25) is 0 Å². The number of hydrogen-bond donors (Lipinski definition) is 2. The second-order valence-electron chi connectivity index (χ2n) is 5.26. The third-order valence-electron chi connectivity index (χ3n) is 3.82. The molecule has 0 fully saturated rings. The Bertz CT molecular complexity index is 697. The van der Waals surface area contributed by atoms with E-state index in [0.29, 0.717) is 0 Å². The quantitative estimate of drug-likeness (QED) is 0.872. The second-order valence-corrected chi connectivity index (χ2v) is 6.05. The van der Waals surface area contributed by atoms with Crippen molar-refractivity contribution in [2.75, 3.05) is 11.9 Å². The molecule has 0 radical (unpaired) electrons. The lowest BCUT2D eigenvalue weighted by atomic mass is 9.95. The Hall–Kier alpha value is -1.65. The van der Waals surface area contributed by atoms with Crippen LogP contribution in [-0.4, -0.2) is 12.5 Å². The van der Waals surface area contributed by atoms with Crippen molar-refractivity contribution in [2.45, 2.75) is 19.9 Å². The maximum atomic E-state index is 12.6. The zero-order valence-electron chi connectivity index (χ0n) is 11.9. The van der Waals surface area contributed by atoms with Crippen molar-refractivity contribution in [1.29, 1.82) is 0 Å². The van der Waals surface area contributed by atoms with Crippen molar-refractivity contribution in [2.24, 2.45) is 0 Å². The predicted molar refractivity (Wildman–Crippen MR) is 88.7 cm³/mol. The van der Waals surface area contributed by atoms with Crippen LogP contribution in [0.1, 0.15) is 27.0 Å². The van der Waals surface area contributed by atoms with Crippen LogP contribution in [-0.2, 0) is 13.0 Å². The highest BCUT2D eigenvalue weighted by molar-refractivity contribution is 9.10. The molecule has 0 atom stereocenters. The molecular weight excluding hydrogens is 328 g/mol. The fourth-order valence-corrected chi connectivity index (χ4v) is 3.04. The van der Waals surface area contributed by atoms with Gasteiger partial charge in [0.15, 0.2) is 0 Å². The highest BCUT2D eigenvalue weighted by Crippen LogP contribution is 2.27. The van der Waals surface area contributed by atoms with Crippen LogP contribution in [0.3, 0.4) is 0 Å². The number of nitrogens with one attached hydrogen (secondary N) is 2. The molecule has 2 aromatic carbocycles. The Kier molecular flexibility index (Phi) is 4.08. The van der Waals surface area contributed by atoms with Gasteiger partial charge in [-0.15, -0.1) is 0 Å². The minimum Gasteiger partial charge on any atom is -0.321 e. The highest BCUT2D eigenvalue weighted by Gasteiger charge is 2.18. The van der Waals surface area contributed by atoms with Crippen LogP contribution in [0.15, 0.2) is 40.9 Å². The Morgan fingerprint density at radius 2 is 2.05 bits per heavy atom. The standard InChI is InChI=1S/C17H17BrN2O/c1-11-4-2-7-15(16(11)18)20-17(21)14-6-3-5-12-10-19-9-8-13(12)14/h2-7,19H,8-10H2,1H3,(H,20,21). The van der Waals surface area contributed by atoms with Crippen LogP contribution >= 0.6 is 15.9 Å². The monoisotopic (exact) mass is 344 g/mol. The van der Waals surface area contributed by atoms with Gasteiger partial charge in [0, 0.05) is 16.6 Å². The number of aryl methyl sites for hydroxylation is 1. The fraction of sp³-hybridized carbons (Fsp3) is 0.235. The Balaban J connectivity index is 1.91. The summed E-state index contributed by atoms with van der Waals surface area (Å²) in [7, 11) is 0. The molecule has 0 unspecified atom stereocenters. The molecule has 3 nitrogen and oxygen atoms in total. The molecule has 3 rings (SSSR count). The minimum atomic E-state index is -0.0416. The van der Waals surface area contributed by atoms with Crippen molar-refractivity contribution in [3.63, 3.8) is 0 Å². The zero-order valence-corrected chi connectivity index (χ0v) is 13.5. The number of halogens is 1. The number of carbonyl (C=O) groups excluding carboxylic acids is 1. The van der Waals surface area contributed by atoms with E-state index in [1.165, 1.54) is 5.56 Å². The van der Waals surface area contributed by atoms with Gasteiger partial charge in [-0.25, -0.2) is 0 Å². The maximum Gasteiger partial charge on any atom is 0.255 e. The van der Waals surface area contributed by atoms with Crippen LogP contribution < -0.4 is 10.6 Å². The molecular formula is C17H17BrN2O. The summed E-state index contributed by atoms with van der Waals surface area (Å²) in [6.45, 7) is 3.77. The molecule has 0 spiro atoms. The zero-order chi connectivity index (χ0) is 14.8. The van der Waals surface area contributed by atoms with Crippen molar-refractivity contribution in [3.8, 4) is 0 Å². The van der Waals surface area contributed by atoms with Gasteiger partial charge in [-0.2, -0.15) is 0 Å². The summed E-state index contributed by atoms with van der Waals surface area (Å²) in [4.78, 5) is 12.6. The van der Waals surface area contributed by atoms with E-state index in [1.807, 2.05) is 37.3 Å². The first kappa shape index (κ1) is 14.3. The van der Waals surface area contributed by atoms with Gasteiger partial charge in [-0.3, -0.25) is 4.79 Å². The summed E-state index contributed by atoms with van der Waals surface area (Å²) in [6.07, 6.45) is 0.897. The van der Waals surface area contributed by atoms with E-state index >= 15 is 0 Å². The lowest BCUT2D eigenvalue weighted by molar-refractivity contribution is 0.102. The van der Waals surface area contributed by atoms with Crippen molar-refractivity contribution in [1.82, 2.24) is 5.32 Å². The van der Waals surface area contributed by atoms with Gasteiger partial charge in [0.1, 0.15) is 0 Å². The molecule has 1 aliphatic rings. The number of hydrogen-bond acceptors (Lipinski definition) is 2. The molecule has 108 valence electrons. The van der Waals surface area contributed by atoms with Crippen molar-refractivity contribution < 1.29 is 4.79 Å². The van der Waals surface area contributed by atoms with E-state index in [4.69, 9.17) is 0 Å². The molecule has 1 aliphatic heterocycles.